The summed E-state index contributed by atoms with van der Waals surface area (Å²) in [4.78, 5) is 11.6. The maximum atomic E-state index is 11.6. The molecule has 3 nitrogen and oxygen atoms in total. The molecule has 2 aromatic carbocycles. The van der Waals surface area contributed by atoms with Crippen molar-refractivity contribution in [3.8, 4) is 0 Å². The highest BCUT2D eigenvalue weighted by atomic mass is 35.5. The Labute approximate surface area is 138 Å². The molecule has 0 bridgehead atoms. The first-order valence-corrected chi connectivity index (χ1v) is 7.34. The van der Waals surface area contributed by atoms with Crippen LogP contribution in [-0.4, -0.2) is 13.0 Å². The molecule has 0 saturated heterocycles. The summed E-state index contributed by atoms with van der Waals surface area (Å²) in [5, 5.41) is 7.39. The minimum atomic E-state index is -0.175. The topological polar surface area (TPSA) is 41.1 Å². The van der Waals surface area contributed by atoms with E-state index in [1.807, 2.05) is 0 Å². The Hall–Kier alpha value is -1.42. The van der Waals surface area contributed by atoms with Crippen LogP contribution in [0.3, 0.4) is 0 Å². The van der Waals surface area contributed by atoms with E-state index in [9.17, 15) is 4.79 Å². The molecule has 0 saturated carbocycles. The van der Waals surface area contributed by atoms with Crippen molar-refractivity contribution < 1.29 is 4.79 Å². The van der Waals surface area contributed by atoms with E-state index in [0.717, 1.165) is 5.56 Å². The van der Waals surface area contributed by atoms with Crippen molar-refractivity contribution in [2.75, 3.05) is 12.4 Å². The Morgan fingerprint density at radius 1 is 1.05 bits per heavy atom. The highest BCUT2D eigenvalue weighted by Gasteiger charge is 2.09. The van der Waals surface area contributed by atoms with Crippen molar-refractivity contribution >= 4 is 46.4 Å². The summed E-state index contributed by atoms with van der Waals surface area (Å²) in [6.45, 7) is 0.412. The van der Waals surface area contributed by atoms with Gasteiger partial charge in [0.2, 0.25) is 0 Å². The lowest BCUT2D eigenvalue weighted by atomic mass is 10.1. The van der Waals surface area contributed by atoms with Crippen LogP contribution < -0.4 is 10.6 Å². The molecule has 110 valence electrons. The fraction of sp³-hybridized carbons (Fsp3) is 0.133. The van der Waals surface area contributed by atoms with Gasteiger partial charge in [-0.1, -0.05) is 40.9 Å². The summed E-state index contributed by atoms with van der Waals surface area (Å²) in [7, 11) is 1.58. The zero-order valence-corrected chi connectivity index (χ0v) is 13.5. The SMILES string of the molecule is CNC(=O)c1ccc(Cl)c(NCc2c(Cl)cccc2Cl)c1. The third-order valence-corrected chi connectivity index (χ3v) is 4.01. The number of carbonyl (C=O) groups is 1. The molecule has 0 fully saturated rings. The third-order valence-electron chi connectivity index (χ3n) is 2.97. The lowest BCUT2D eigenvalue weighted by molar-refractivity contribution is 0.0963. The molecule has 0 spiro atoms. The zero-order valence-electron chi connectivity index (χ0n) is 11.2. The van der Waals surface area contributed by atoms with Gasteiger partial charge in [0.15, 0.2) is 0 Å². The Morgan fingerprint density at radius 3 is 2.33 bits per heavy atom. The van der Waals surface area contributed by atoms with E-state index in [1.54, 1.807) is 43.4 Å². The summed E-state index contributed by atoms with van der Waals surface area (Å²) in [6.07, 6.45) is 0. The molecule has 0 aliphatic rings. The van der Waals surface area contributed by atoms with Gasteiger partial charge in [-0.15, -0.1) is 0 Å². The van der Waals surface area contributed by atoms with E-state index >= 15 is 0 Å². The van der Waals surface area contributed by atoms with Crippen LogP contribution in [0.1, 0.15) is 15.9 Å². The minimum absolute atomic E-state index is 0.175. The lowest BCUT2D eigenvalue weighted by Crippen LogP contribution is -2.17. The van der Waals surface area contributed by atoms with Crippen molar-refractivity contribution in [1.82, 2.24) is 5.32 Å². The number of nitrogens with one attached hydrogen (secondary N) is 2. The highest BCUT2D eigenvalue weighted by molar-refractivity contribution is 6.36. The van der Waals surface area contributed by atoms with Crippen LogP contribution in [0.15, 0.2) is 36.4 Å². The first kappa shape index (κ1) is 16.0. The molecule has 1 amide bonds. The quantitative estimate of drug-likeness (QED) is 0.850. The first-order chi connectivity index (χ1) is 10.0. The van der Waals surface area contributed by atoms with E-state index in [2.05, 4.69) is 10.6 Å². The number of hydrogen-bond acceptors (Lipinski definition) is 2. The summed E-state index contributed by atoms with van der Waals surface area (Å²) in [6, 6.07) is 10.3. The summed E-state index contributed by atoms with van der Waals surface area (Å²) < 4.78 is 0. The molecule has 2 N–H and O–H groups in total. The average molecular weight is 344 g/mol. The Kier molecular flexibility index (Phi) is 5.34. The smallest absolute Gasteiger partial charge is 0.251 e. The highest BCUT2D eigenvalue weighted by Crippen LogP contribution is 2.28. The molecule has 0 aliphatic heterocycles. The molecule has 2 rings (SSSR count). The summed E-state index contributed by atoms with van der Waals surface area (Å²) in [5.74, 6) is -0.175. The van der Waals surface area contributed by atoms with Crippen molar-refractivity contribution in [1.29, 1.82) is 0 Å². The molecule has 0 aliphatic carbocycles. The second-order valence-electron chi connectivity index (χ2n) is 4.33. The number of rotatable bonds is 4. The van der Waals surface area contributed by atoms with E-state index in [1.165, 1.54) is 0 Å². The van der Waals surface area contributed by atoms with Gasteiger partial charge in [-0.2, -0.15) is 0 Å². The van der Waals surface area contributed by atoms with Gasteiger partial charge in [0.25, 0.3) is 5.91 Å². The van der Waals surface area contributed by atoms with E-state index in [0.29, 0.717) is 32.9 Å². The van der Waals surface area contributed by atoms with Crippen LogP contribution in [0.25, 0.3) is 0 Å². The van der Waals surface area contributed by atoms with Gasteiger partial charge in [-0.25, -0.2) is 0 Å². The third kappa shape index (κ3) is 3.82. The van der Waals surface area contributed by atoms with Gasteiger partial charge in [0, 0.05) is 34.8 Å². The van der Waals surface area contributed by atoms with Gasteiger partial charge in [0.05, 0.1) is 10.7 Å². The molecule has 0 unspecified atom stereocenters. The molecule has 0 heterocycles. The summed E-state index contributed by atoms with van der Waals surface area (Å²) in [5.41, 5.74) is 1.95. The fourth-order valence-electron chi connectivity index (χ4n) is 1.83. The van der Waals surface area contributed by atoms with Crippen molar-refractivity contribution in [3.05, 3.63) is 62.6 Å². The number of carbonyl (C=O) groups excluding carboxylic acids is 1. The number of halogens is 3. The average Bonchev–Trinajstić information content (AvgIpc) is 2.47. The van der Waals surface area contributed by atoms with Crippen molar-refractivity contribution in [2.45, 2.75) is 6.54 Å². The second-order valence-corrected chi connectivity index (χ2v) is 5.55. The minimum Gasteiger partial charge on any atom is -0.380 e. The maximum Gasteiger partial charge on any atom is 0.251 e. The first-order valence-electron chi connectivity index (χ1n) is 6.21. The normalized spacial score (nSPS) is 10.3. The van der Waals surface area contributed by atoms with Gasteiger partial charge in [-0.3, -0.25) is 4.79 Å². The van der Waals surface area contributed by atoms with E-state index in [4.69, 9.17) is 34.8 Å². The molecule has 2 aromatic rings. The molecule has 21 heavy (non-hydrogen) atoms. The maximum absolute atomic E-state index is 11.6. The molecule has 0 atom stereocenters. The Bertz CT molecular complexity index is 654. The van der Waals surface area contributed by atoms with Crippen LogP contribution in [0.4, 0.5) is 5.69 Å². The zero-order chi connectivity index (χ0) is 15.4. The van der Waals surface area contributed by atoms with Crippen LogP contribution in [0, 0.1) is 0 Å². The van der Waals surface area contributed by atoms with Gasteiger partial charge < -0.3 is 10.6 Å². The van der Waals surface area contributed by atoms with E-state index in [-0.39, 0.29) is 5.91 Å². The predicted molar refractivity (Wildman–Crippen MR) is 88.6 cm³/mol. The van der Waals surface area contributed by atoms with Crippen LogP contribution in [-0.2, 0) is 6.54 Å². The van der Waals surface area contributed by atoms with Crippen LogP contribution >= 0.6 is 34.8 Å². The summed E-state index contributed by atoms with van der Waals surface area (Å²) >= 11 is 18.4. The molecule has 6 heteroatoms. The number of anilines is 1. The monoisotopic (exact) mass is 342 g/mol. The van der Waals surface area contributed by atoms with Crippen LogP contribution in [0.5, 0.6) is 0 Å². The van der Waals surface area contributed by atoms with Crippen molar-refractivity contribution in [3.63, 3.8) is 0 Å². The van der Waals surface area contributed by atoms with Gasteiger partial charge in [-0.05, 0) is 30.3 Å². The fourth-order valence-corrected chi connectivity index (χ4v) is 2.55. The van der Waals surface area contributed by atoms with E-state index < -0.39 is 0 Å². The Morgan fingerprint density at radius 2 is 1.71 bits per heavy atom. The van der Waals surface area contributed by atoms with Gasteiger partial charge >= 0.3 is 0 Å². The number of hydrogen-bond donors (Lipinski definition) is 2. The molecule has 0 aromatic heterocycles. The number of amides is 1. The Balaban J connectivity index is 2.22. The molecular formula is C15H13Cl3N2O. The second kappa shape index (κ2) is 7.03. The largest absolute Gasteiger partial charge is 0.380 e. The number of benzene rings is 2. The molecular weight excluding hydrogens is 331 g/mol. The predicted octanol–water partition coefficient (Wildman–Crippen LogP) is 4.62. The van der Waals surface area contributed by atoms with Gasteiger partial charge in [0.1, 0.15) is 0 Å². The standard InChI is InChI=1S/C15H13Cl3N2O/c1-19-15(21)9-5-6-13(18)14(7-9)20-8-10-11(16)3-2-4-12(10)17/h2-7,20H,8H2,1H3,(H,19,21). The van der Waals surface area contributed by atoms with Crippen LogP contribution in [0.2, 0.25) is 15.1 Å². The van der Waals surface area contributed by atoms with Crippen molar-refractivity contribution in [2.24, 2.45) is 0 Å². The molecule has 0 radical (unpaired) electrons. The lowest BCUT2D eigenvalue weighted by Gasteiger charge is -2.12.